The Bertz CT molecular complexity index is 1220. The van der Waals surface area contributed by atoms with Crippen molar-refractivity contribution in [3.05, 3.63) is 77.4 Å². The number of carbonyl (C=O) groups is 2. The molecule has 0 spiro atoms. The number of nitrogens with one attached hydrogen (secondary N) is 3. The van der Waals surface area contributed by atoms with Gasteiger partial charge in [0.1, 0.15) is 0 Å². The number of hydrogen-bond acceptors (Lipinski definition) is 5. The number of amides is 2. The topological polar surface area (TPSA) is 106 Å². The largest absolute Gasteiger partial charge is 0.349 e. The number of nitrogens with zero attached hydrogens (tertiary/aromatic N) is 2. The lowest BCUT2D eigenvalue weighted by Gasteiger charge is -2.26. The summed E-state index contributed by atoms with van der Waals surface area (Å²) in [6.07, 6.45) is 4.28. The van der Waals surface area contributed by atoms with Gasteiger partial charge in [-0.2, -0.15) is 5.26 Å². The third-order valence-corrected chi connectivity index (χ3v) is 6.29. The first-order chi connectivity index (χ1) is 16.8. The first-order valence-corrected chi connectivity index (χ1v) is 11.9. The number of para-hydroxylation sites is 1. The molecular weight excluding hydrogens is 438 g/mol. The molecule has 1 aliphatic carbocycles. The van der Waals surface area contributed by atoms with Gasteiger partial charge in [0.15, 0.2) is 0 Å². The number of rotatable bonds is 5. The molecule has 3 unspecified atom stereocenters. The molecule has 0 fully saturated rings. The third-order valence-electron chi connectivity index (χ3n) is 6.29. The van der Waals surface area contributed by atoms with E-state index in [0.29, 0.717) is 25.1 Å². The van der Waals surface area contributed by atoms with Crippen LogP contribution >= 0.6 is 0 Å². The molecule has 0 aromatic heterocycles. The van der Waals surface area contributed by atoms with Crippen LogP contribution < -0.4 is 16.0 Å². The number of nitriles is 1. The molecule has 7 nitrogen and oxygen atoms in total. The molecule has 0 bridgehead atoms. The number of allylic oxidation sites excluding steroid dienone is 1. The van der Waals surface area contributed by atoms with E-state index in [-0.39, 0.29) is 29.8 Å². The summed E-state index contributed by atoms with van der Waals surface area (Å²) in [6.45, 7) is 6.66. The van der Waals surface area contributed by atoms with Gasteiger partial charge in [0.05, 0.1) is 30.3 Å². The Morgan fingerprint density at radius 1 is 1.14 bits per heavy atom. The first-order valence-electron chi connectivity index (χ1n) is 11.9. The average Bonchev–Trinajstić information content (AvgIpc) is 2.96. The standard InChI is InChI=1S/C28H31N5O2/c1-28(2,3)27(35)32-19-12-13-23(18(16-19)17-29)30-14-15-31-25-20-8-4-5-9-21(20)26(34)33-24-11-7-6-10-22(24)25/h4-13,18-19,25,31H,14-16H2,1-3H3,(H,32,35)(H,33,34). The number of hydrogen-bond donors (Lipinski definition) is 3. The molecule has 2 aromatic carbocycles. The van der Waals surface area contributed by atoms with Crippen LogP contribution in [0.2, 0.25) is 0 Å². The smallest absolute Gasteiger partial charge is 0.256 e. The summed E-state index contributed by atoms with van der Waals surface area (Å²) in [5, 5.41) is 19.2. The molecular formula is C28H31N5O2. The third kappa shape index (κ3) is 5.50. The Hall–Kier alpha value is -3.76. The van der Waals surface area contributed by atoms with Crippen LogP contribution in [0, 0.1) is 22.7 Å². The molecule has 2 amide bonds. The van der Waals surface area contributed by atoms with Crippen molar-refractivity contribution >= 4 is 23.2 Å². The predicted molar refractivity (Wildman–Crippen MR) is 137 cm³/mol. The number of carbonyl (C=O) groups excluding carboxylic acids is 2. The van der Waals surface area contributed by atoms with Crippen LogP contribution in [0.5, 0.6) is 0 Å². The molecule has 4 rings (SSSR count). The Kier molecular flexibility index (Phi) is 7.13. The highest BCUT2D eigenvalue weighted by Gasteiger charge is 2.29. The Morgan fingerprint density at radius 3 is 2.60 bits per heavy atom. The second-order valence-corrected chi connectivity index (χ2v) is 9.93. The summed E-state index contributed by atoms with van der Waals surface area (Å²) in [5.41, 5.74) is 3.62. The summed E-state index contributed by atoms with van der Waals surface area (Å²) >= 11 is 0. The lowest BCUT2D eigenvalue weighted by atomic mass is 9.88. The van der Waals surface area contributed by atoms with Gasteiger partial charge >= 0.3 is 0 Å². The highest BCUT2D eigenvalue weighted by molar-refractivity contribution is 6.07. The minimum atomic E-state index is -0.481. The molecule has 0 radical (unpaired) electrons. The molecule has 3 N–H and O–H groups in total. The summed E-state index contributed by atoms with van der Waals surface area (Å²) < 4.78 is 0. The minimum Gasteiger partial charge on any atom is -0.349 e. The van der Waals surface area contributed by atoms with Crippen LogP contribution in [-0.4, -0.2) is 36.7 Å². The van der Waals surface area contributed by atoms with Gasteiger partial charge in [0.2, 0.25) is 5.91 Å². The zero-order valence-corrected chi connectivity index (χ0v) is 20.3. The van der Waals surface area contributed by atoms with Crippen LogP contribution in [0.3, 0.4) is 0 Å². The van der Waals surface area contributed by atoms with E-state index in [2.05, 4.69) is 27.0 Å². The van der Waals surface area contributed by atoms with Crippen LogP contribution in [0.25, 0.3) is 0 Å². The van der Waals surface area contributed by atoms with Crippen molar-refractivity contribution in [1.82, 2.24) is 10.6 Å². The Balaban J connectivity index is 1.46. The van der Waals surface area contributed by atoms with Crippen molar-refractivity contribution < 1.29 is 9.59 Å². The normalized spacial score (nSPS) is 22.4. The molecule has 0 saturated heterocycles. The van der Waals surface area contributed by atoms with Crippen molar-refractivity contribution in [2.75, 3.05) is 18.4 Å². The maximum Gasteiger partial charge on any atom is 0.256 e. The Labute approximate surface area is 206 Å². The molecule has 2 aliphatic rings. The van der Waals surface area contributed by atoms with Gasteiger partial charge in [-0.15, -0.1) is 0 Å². The van der Waals surface area contributed by atoms with Gasteiger partial charge < -0.3 is 16.0 Å². The predicted octanol–water partition coefficient (Wildman–Crippen LogP) is 4.00. The van der Waals surface area contributed by atoms with Gasteiger partial charge in [0.25, 0.3) is 5.91 Å². The fraction of sp³-hybridized carbons (Fsp3) is 0.357. The summed E-state index contributed by atoms with van der Waals surface area (Å²) in [6, 6.07) is 17.4. The van der Waals surface area contributed by atoms with E-state index >= 15 is 0 Å². The van der Waals surface area contributed by atoms with E-state index in [1.54, 1.807) is 0 Å². The van der Waals surface area contributed by atoms with Crippen LogP contribution in [0.1, 0.15) is 54.7 Å². The van der Waals surface area contributed by atoms with Gasteiger partial charge in [-0.25, -0.2) is 0 Å². The van der Waals surface area contributed by atoms with Crippen molar-refractivity contribution in [3.63, 3.8) is 0 Å². The van der Waals surface area contributed by atoms with E-state index in [9.17, 15) is 14.9 Å². The van der Waals surface area contributed by atoms with Crippen molar-refractivity contribution in [1.29, 1.82) is 5.26 Å². The van der Waals surface area contributed by atoms with Crippen molar-refractivity contribution in [2.45, 2.75) is 39.3 Å². The lowest BCUT2D eigenvalue weighted by molar-refractivity contribution is -0.129. The van der Waals surface area contributed by atoms with E-state index in [1.807, 2.05) is 81.5 Å². The number of fused-ring (bicyclic) bond motifs is 2. The van der Waals surface area contributed by atoms with Gasteiger partial charge in [-0.1, -0.05) is 63.2 Å². The zero-order valence-electron chi connectivity index (χ0n) is 20.3. The minimum absolute atomic E-state index is 0.0367. The molecule has 2 aromatic rings. The average molecular weight is 470 g/mol. The maximum absolute atomic E-state index is 12.7. The molecule has 35 heavy (non-hydrogen) atoms. The zero-order chi connectivity index (χ0) is 25.0. The summed E-state index contributed by atoms with van der Waals surface area (Å²) in [7, 11) is 0. The molecule has 7 heteroatoms. The number of anilines is 1. The van der Waals surface area contributed by atoms with E-state index in [0.717, 1.165) is 22.5 Å². The summed E-state index contributed by atoms with van der Waals surface area (Å²) in [5.74, 6) is -0.522. The first kappa shape index (κ1) is 24.4. The quantitative estimate of drug-likeness (QED) is 0.576. The SMILES string of the molecule is CC(C)(C)C(=O)NC1C=CC(=NCCNC2c3ccccc3NC(=O)c3ccccc32)C(C#N)C1. The second-order valence-electron chi connectivity index (χ2n) is 9.93. The molecule has 180 valence electrons. The molecule has 1 aliphatic heterocycles. The van der Waals surface area contributed by atoms with Crippen LogP contribution in [0.4, 0.5) is 5.69 Å². The second kappa shape index (κ2) is 10.2. The van der Waals surface area contributed by atoms with Gasteiger partial charge in [0, 0.05) is 29.3 Å². The van der Waals surface area contributed by atoms with E-state index < -0.39 is 5.41 Å². The highest BCUT2D eigenvalue weighted by atomic mass is 16.2. The molecule has 1 heterocycles. The lowest BCUT2D eigenvalue weighted by Crippen LogP contribution is -2.43. The van der Waals surface area contributed by atoms with E-state index in [4.69, 9.17) is 0 Å². The van der Waals surface area contributed by atoms with E-state index in [1.165, 1.54) is 0 Å². The van der Waals surface area contributed by atoms with Crippen LogP contribution in [0.15, 0.2) is 65.7 Å². The molecule has 3 atom stereocenters. The summed E-state index contributed by atoms with van der Waals surface area (Å²) in [4.78, 5) is 29.7. The fourth-order valence-corrected chi connectivity index (χ4v) is 4.35. The van der Waals surface area contributed by atoms with Gasteiger partial charge in [-0.05, 0) is 35.8 Å². The Morgan fingerprint density at radius 2 is 1.86 bits per heavy atom. The highest BCUT2D eigenvalue weighted by Crippen LogP contribution is 2.33. The maximum atomic E-state index is 12.7. The monoisotopic (exact) mass is 469 g/mol. The van der Waals surface area contributed by atoms with Crippen molar-refractivity contribution in [3.8, 4) is 6.07 Å². The number of aliphatic imine (C=N–C) groups is 1. The molecule has 0 saturated carbocycles. The van der Waals surface area contributed by atoms with Crippen LogP contribution in [-0.2, 0) is 4.79 Å². The number of benzene rings is 2. The fourth-order valence-electron chi connectivity index (χ4n) is 4.35. The van der Waals surface area contributed by atoms with Crippen molar-refractivity contribution in [2.24, 2.45) is 16.3 Å². The van der Waals surface area contributed by atoms with Gasteiger partial charge in [-0.3, -0.25) is 14.6 Å².